The molecular weight excluding hydrogens is 476 g/mol. The summed E-state index contributed by atoms with van der Waals surface area (Å²) >= 11 is 0. The maximum absolute atomic E-state index is 13.3. The smallest absolute Gasteiger partial charge is 0.251 e. The van der Waals surface area contributed by atoms with Gasteiger partial charge in [0, 0.05) is 18.7 Å². The number of piperidine rings is 1. The summed E-state index contributed by atoms with van der Waals surface area (Å²) in [6, 6.07) is 23.9. The van der Waals surface area contributed by atoms with E-state index in [2.05, 4.69) is 17.4 Å². The molecule has 1 amide bonds. The lowest BCUT2D eigenvalue weighted by Gasteiger charge is -2.31. The van der Waals surface area contributed by atoms with Crippen molar-refractivity contribution < 1.29 is 22.7 Å². The summed E-state index contributed by atoms with van der Waals surface area (Å²) in [6.45, 7) is 1.54. The highest BCUT2D eigenvalue weighted by atomic mass is 32.2. The molecule has 1 N–H and O–H groups in total. The molecule has 0 unspecified atom stereocenters. The van der Waals surface area contributed by atoms with Crippen LogP contribution in [0.15, 0.2) is 83.8 Å². The van der Waals surface area contributed by atoms with Gasteiger partial charge in [0.05, 0.1) is 11.4 Å². The standard InChI is InChI=1S/C28H30N2O5S/c31-28(29-19-24-20-34-26-11-4-5-12-27(26)35-24)23-9-6-10-25(18-23)36(32,33)30-15-13-22(14-16-30)17-21-7-2-1-3-8-21/h1-12,18,22,24H,13-17,19-20H2,(H,29,31)/t24-/m1/s1. The van der Waals surface area contributed by atoms with Crippen molar-refractivity contribution in [2.45, 2.75) is 30.3 Å². The van der Waals surface area contributed by atoms with Gasteiger partial charge in [-0.25, -0.2) is 8.42 Å². The maximum Gasteiger partial charge on any atom is 0.251 e. The third-order valence-electron chi connectivity index (χ3n) is 6.73. The molecule has 0 radical (unpaired) electrons. The van der Waals surface area contributed by atoms with E-state index in [1.807, 2.05) is 42.5 Å². The van der Waals surface area contributed by atoms with Crippen LogP contribution in [0.1, 0.15) is 28.8 Å². The molecule has 7 nitrogen and oxygen atoms in total. The molecule has 2 heterocycles. The predicted molar refractivity (Wildman–Crippen MR) is 137 cm³/mol. The Hall–Kier alpha value is -3.36. The van der Waals surface area contributed by atoms with Gasteiger partial charge in [-0.1, -0.05) is 48.5 Å². The SMILES string of the molecule is O=C(NC[C@@H]1COc2ccccc2O1)c1cccc(S(=O)(=O)N2CCC(Cc3ccccc3)CC2)c1. The van der Waals surface area contributed by atoms with Crippen LogP contribution in [0.2, 0.25) is 0 Å². The minimum absolute atomic E-state index is 0.142. The van der Waals surface area contributed by atoms with E-state index in [0.717, 1.165) is 19.3 Å². The second-order valence-corrected chi connectivity index (χ2v) is 11.2. The summed E-state index contributed by atoms with van der Waals surface area (Å²) in [5.41, 5.74) is 1.58. The first-order valence-corrected chi connectivity index (χ1v) is 13.7. The van der Waals surface area contributed by atoms with Crippen LogP contribution in [0.4, 0.5) is 0 Å². The van der Waals surface area contributed by atoms with Crippen LogP contribution in [0.3, 0.4) is 0 Å². The fourth-order valence-electron chi connectivity index (χ4n) is 4.72. The Kier molecular flexibility index (Phi) is 7.25. The van der Waals surface area contributed by atoms with Crippen LogP contribution in [0.25, 0.3) is 0 Å². The largest absolute Gasteiger partial charge is 0.486 e. The molecule has 0 saturated carbocycles. The van der Waals surface area contributed by atoms with E-state index in [4.69, 9.17) is 9.47 Å². The number of carbonyl (C=O) groups excluding carboxylic acids is 1. The van der Waals surface area contributed by atoms with Crippen molar-refractivity contribution >= 4 is 15.9 Å². The second-order valence-electron chi connectivity index (χ2n) is 9.27. The Labute approximate surface area is 212 Å². The summed E-state index contributed by atoms with van der Waals surface area (Å²) in [6.07, 6.45) is 2.28. The van der Waals surface area contributed by atoms with Crippen molar-refractivity contribution in [3.63, 3.8) is 0 Å². The fourth-order valence-corrected chi connectivity index (χ4v) is 6.24. The number of nitrogens with one attached hydrogen (secondary N) is 1. The fraction of sp³-hybridized carbons (Fsp3) is 0.321. The molecule has 0 aliphatic carbocycles. The molecule has 5 rings (SSSR count). The van der Waals surface area contributed by atoms with E-state index >= 15 is 0 Å². The van der Waals surface area contributed by atoms with E-state index in [-0.39, 0.29) is 23.5 Å². The number of fused-ring (bicyclic) bond motifs is 1. The first kappa shape index (κ1) is 24.3. The van der Waals surface area contributed by atoms with Crippen molar-refractivity contribution in [2.24, 2.45) is 5.92 Å². The molecule has 188 valence electrons. The van der Waals surface area contributed by atoms with Gasteiger partial charge in [0.15, 0.2) is 11.5 Å². The summed E-state index contributed by atoms with van der Waals surface area (Å²) in [4.78, 5) is 12.9. The van der Waals surface area contributed by atoms with Crippen molar-refractivity contribution in [1.82, 2.24) is 9.62 Å². The molecule has 2 aliphatic heterocycles. The molecule has 36 heavy (non-hydrogen) atoms. The monoisotopic (exact) mass is 506 g/mol. The number of sulfonamides is 1. The third-order valence-corrected chi connectivity index (χ3v) is 8.63. The first-order chi connectivity index (χ1) is 17.5. The molecule has 0 bridgehead atoms. The highest BCUT2D eigenvalue weighted by Crippen LogP contribution is 2.31. The zero-order valence-corrected chi connectivity index (χ0v) is 20.8. The first-order valence-electron chi connectivity index (χ1n) is 12.3. The van der Waals surface area contributed by atoms with Gasteiger partial charge >= 0.3 is 0 Å². The van der Waals surface area contributed by atoms with Crippen LogP contribution < -0.4 is 14.8 Å². The molecule has 3 aromatic rings. The minimum Gasteiger partial charge on any atom is -0.486 e. The summed E-state index contributed by atoms with van der Waals surface area (Å²) in [5, 5.41) is 2.83. The van der Waals surface area contributed by atoms with Gasteiger partial charge in [0.25, 0.3) is 5.91 Å². The van der Waals surface area contributed by atoms with Gasteiger partial charge < -0.3 is 14.8 Å². The molecule has 8 heteroatoms. The van der Waals surface area contributed by atoms with Crippen molar-refractivity contribution in [3.05, 3.63) is 90.0 Å². The lowest BCUT2D eigenvalue weighted by atomic mass is 9.91. The molecule has 0 spiro atoms. The Balaban J connectivity index is 1.17. The van der Waals surface area contributed by atoms with E-state index in [1.165, 1.54) is 15.9 Å². The molecule has 1 saturated heterocycles. The maximum atomic E-state index is 13.3. The Morgan fingerprint density at radius 3 is 2.42 bits per heavy atom. The summed E-state index contributed by atoms with van der Waals surface area (Å²) in [7, 11) is -3.67. The number of rotatable bonds is 7. The number of hydrogen-bond acceptors (Lipinski definition) is 5. The molecule has 1 atom stereocenters. The van der Waals surface area contributed by atoms with E-state index in [0.29, 0.717) is 42.7 Å². The van der Waals surface area contributed by atoms with Gasteiger partial charge in [-0.3, -0.25) is 4.79 Å². The Morgan fingerprint density at radius 1 is 0.917 bits per heavy atom. The molecular formula is C28H30N2O5S. The molecule has 0 aromatic heterocycles. The number of amides is 1. The number of hydrogen-bond donors (Lipinski definition) is 1. The minimum atomic E-state index is -3.67. The molecule has 2 aliphatic rings. The molecule has 3 aromatic carbocycles. The second kappa shape index (κ2) is 10.7. The lowest BCUT2D eigenvalue weighted by Crippen LogP contribution is -2.41. The van der Waals surface area contributed by atoms with Gasteiger partial charge in [0.2, 0.25) is 10.0 Å². The Morgan fingerprint density at radius 2 is 1.64 bits per heavy atom. The highest BCUT2D eigenvalue weighted by Gasteiger charge is 2.30. The Bertz CT molecular complexity index is 1300. The van der Waals surface area contributed by atoms with Crippen molar-refractivity contribution in [2.75, 3.05) is 26.2 Å². The van der Waals surface area contributed by atoms with Crippen LogP contribution in [-0.2, 0) is 16.4 Å². The average molecular weight is 507 g/mol. The lowest BCUT2D eigenvalue weighted by molar-refractivity contribution is 0.0789. The van der Waals surface area contributed by atoms with E-state index < -0.39 is 10.0 Å². The van der Waals surface area contributed by atoms with Gasteiger partial charge in [0.1, 0.15) is 12.7 Å². The van der Waals surface area contributed by atoms with Crippen molar-refractivity contribution in [1.29, 1.82) is 0 Å². The van der Waals surface area contributed by atoms with Gasteiger partial charge in [-0.05, 0) is 61.1 Å². The zero-order valence-electron chi connectivity index (χ0n) is 20.0. The zero-order chi connectivity index (χ0) is 25.0. The normalized spacial score (nSPS) is 18.5. The number of ether oxygens (including phenoxy) is 2. The van der Waals surface area contributed by atoms with Crippen LogP contribution >= 0.6 is 0 Å². The number of carbonyl (C=O) groups is 1. The number of nitrogens with zero attached hydrogens (tertiary/aromatic N) is 1. The van der Waals surface area contributed by atoms with Crippen LogP contribution in [0, 0.1) is 5.92 Å². The van der Waals surface area contributed by atoms with Crippen LogP contribution in [0.5, 0.6) is 11.5 Å². The number of benzene rings is 3. The van der Waals surface area contributed by atoms with E-state index in [1.54, 1.807) is 18.2 Å². The predicted octanol–water partition coefficient (Wildman–Crippen LogP) is 3.90. The average Bonchev–Trinajstić information content (AvgIpc) is 2.92. The quantitative estimate of drug-likeness (QED) is 0.525. The van der Waals surface area contributed by atoms with Crippen molar-refractivity contribution in [3.8, 4) is 11.5 Å². The van der Waals surface area contributed by atoms with Gasteiger partial charge in [-0.2, -0.15) is 4.31 Å². The third kappa shape index (κ3) is 5.55. The number of para-hydroxylation sites is 2. The van der Waals surface area contributed by atoms with Crippen LogP contribution in [-0.4, -0.2) is 51.0 Å². The summed E-state index contributed by atoms with van der Waals surface area (Å²) in [5.74, 6) is 1.44. The molecule has 1 fully saturated rings. The van der Waals surface area contributed by atoms with Gasteiger partial charge in [-0.15, -0.1) is 0 Å². The van der Waals surface area contributed by atoms with E-state index in [9.17, 15) is 13.2 Å². The topological polar surface area (TPSA) is 84.9 Å². The summed E-state index contributed by atoms with van der Waals surface area (Å²) < 4.78 is 39.7. The highest BCUT2D eigenvalue weighted by molar-refractivity contribution is 7.89.